The van der Waals surface area contributed by atoms with Crippen molar-refractivity contribution in [2.45, 2.75) is 64.7 Å². The third-order valence-corrected chi connectivity index (χ3v) is 5.89. The number of nitrogens with one attached hydrogen (secondary N) is 1. The second kappa shape index (κ2) is 11.3. The summed E-state index contributed by atoms with van der Waals surface area (Å²) in [7, 11) is 0. The lowest BCUT2D eigenvalue weighted by molar-refractivity contribution is -0.166. The lowest BCUT2D eigenvalue weighted by Crippen LogP contribution is -2.40. The van der Waals surface area contributed by atoms with Crippen LogP contribution < -0.4 is 5.32 Å². The van der Waals surface area contributed by atoms with E-state index < -0.39 is 42.4 Å². The van der Waals surface area contributed by atoms with E-state index in [1.807, 2.05) is 30.3 Å². The monoisotopic (exact) mass is 511 g/mol. The summed E-state index contributed by atoms with van der Waals surface area (Å²) in [5.41, 5.74) is 1.99. The summed E-state index contributed by atoms with van der Waals surface area (Å²) in [5, 5.41) is 3.43. The van der Waals surface area contributed by atoms with Crippen molar-refractivity contribution in [1.29, 1.82) is 0 Å². The first-order valence-corrected chi connectivity index (χ1v) is 11.9. The van der Waals surface area contributed by atoms with Crippen LogP contribution in [0.25, 0.3) is 11.2 Å². The maximum Gasteiger partial charge on any atom is 0.303 e. The highest BCUT2D eigenvalue weighted by atomic mass is 16.7. The van der Waals surface area contributed by atoms with Crippen molar-refractivity contribution in [3.8, 4) is 0 Å². The van der Waals surface area contributed by atoms with Gasteiger partial charge in [-0.2, -0.15) is 0 Å². The molecule has 0 saturated carbocycles. The molecule has 12 heteroatoms. The third kappa shape index (κ3) is 5.85. The number of carbonyl (C=O) groups is 3. The number of carbonyl (C=O) groups excluding carboxylic acids is 3. The number of anilines is 1. The van der Waals surface area contributed by atoms with Crippen LogP contribution in [0.5, 0.6) is 0 Å². The van der Waals surface area contributed by atoms with Crippen LogP contribution in [0.1, 0.15) is 51.9 Å². The van der Waals surface area contributed by atoms with Crippen molar-refractivity contribution in [2.24, 2.45) is 0 Å². The van der Waals surface area contributed by atoms with Gasteiger partial charge in [-0.1, -0.05) is 37.3 Å². The van der Waals surface area contributed by atoms with Crippen LogP contribution in [0.2, 0.25) is 0 Å². The molecule has 1 aliphatic rings. The van der Waals surface area contributed by atoms with Crippen LogP contribution in [0.4, 0.5) is 5.82 Å². The first-order valence-electron chi connectivity index (χ1n) is 11.9. The Bertz CT molecular complexity index is 1260. The average molecular weight is 512 g/mol. The Morgan fingerprint density at radius 3 is 2.35 bits per heavy atom. The van der Waals surface area contributed by atoms with Gasteiger partial charge in [0.25, 0.3) is 0 Å². The van der Waals surface area contributed by atoms with Gasteiger partial charge in [-0.25, -0.2) is 15.0 Å². The number of fused-ring (bicyclic) bond motifs is 1. The Kier molecular flexibility index (Phi) is 7.97. The number of hydrogen-bond acceptors (Lipinski definition) is 11. The summed E-state index contributed by atoms with van der Waals surface area (Å²) in [4.78, 5) is 48.5. The van der Waals surface area contributed by atoms with E-state index in [0.717, 1.165) is 12.0 Å². The van der Waals surface area contributed by atoms with Crippen molar-refractivity contribution in [3.05, 3.63) is 48.5 Å². The second-order valence-electron chi connectivity index (χ2n) is 8.58. The van der Waals surface area contributed by atoms with Crippen LogP contribution in [0.15, 0.2) is 43.0 Å². The number of benzene rings is 1. The van der Waals surface area contributed by atoms with E-state index in [0.29, 0.717) is 17.0 Å². The highest BCUT2D eigenvalue weighted by molar-refractivity contribution is 5.83. The minimum atomic E-state index is -1.04. The smallest absolute Gasteiger partial charge is 0.303 e. The van der Waals surface area contributed by atoms with E-state index in [9.17, 15) is 14.4 Å². The molecule has 37 heavy (non-hydrogen) atoms. The van der Waals surface area contributed by atoms with E-state index in [1.165, 1.54) is 33.4 Å². The van der Waals surface area contributed by atoms with Gasteiger partial charge in [-0.3, -0.25) is 19.0 Å². The van der Waals surface area contributed by atoms with Crippen LogP contribution in [0.3, 0.4) is 0 Å². The van der Waals surface area contributed by atoms with Gasteiger partial charge in [0, 0.05) is 20.8 Å². The molecular weight excluding hydrogens is 482 g/mol. The van der Waals surface area contributed by atoms with E-state index in [2.05, 4.69) is 27.2 Å². The van der Waals surface area contributed by atoms with Crippen molar-refractivity contribution in [1.82, 2.24) is 19.5 Å². The van der Waals surface area contributed by atoms with Crippen molar-refractivity contribution in [3.63, 3.8) is 0 Å². The first kappa shape index (κ1) is 26.0. The molecule has 1 fully saturated rings. The largest absolute Gasteiger partial charge is 0.463 e. The highest BCUT2D eigenvalue weighted by Crippen LogP contribution is 2.36. The quantitative estimate of drug-likeness (QED) is 0.334. The van der Waals surface area contributed by atoms with E-state index in [-0.39, 0.29) is 12.6 Å². The number of esters is 3. The Morgan fingerprint density at radius 2 is 1.70 bits per heavy atom. The van der Waals surface area contributed by atoms with Crippen molar-refractivity contribution >= 4 is 34.9 Å². The molecular formula is C25H29N5O7. The molecule has 1 unspecified atom stereocenters. The normalized spacial score (nSPS) is 21.8. The van der Waals surface area contributed by atoms with Crippen molar-refractivity contribution < 1.29 is 33.3 Å². The first-order chi connectivity index (χ1) is 17.8. The molecule has 1 saturated heterocycles. The van der Waals surface area contributed by atoms with Crippen LogP contribution in [0, 0.1) is 0 Å². The van der Waals surface area contributed by atoms with Gasteiger partial charge in [0.05, 0.1) is 12.4 Å². The third-order valence-electron chi connectivity index (χ3n) is 5.89. The minimum Gasteiger partial charge on any atom is -0.463 e. The summed E-state index contributed by atoms with van der Waals surface area (Å²) in [6.45, 7) is 5.59. The fourth-order valence-electron chi connectivity index (χ4n) is 4.33. The number of aromatic nitrogens is 4. The van der Waals surface area contributed by atoms with Gasteiger partial charge >= 0.3 is 17.9 Å². The van der Waals surface area contributed by atoms with Gasteiger partial charge in [0.2, 0.25) is 0 Å². The van der Waals surface area contributed by atoms with E-state index >= 15 is 0 Å². The van der Waals surface area contributed by atoms with Crippen molar-refractivity contribution in [2.75, 3.05) is 11.9 Å². The van der Waals surface area contributed by atoms with Gasteiger partial charge < -0.3 is 24.3 Å². The van der Waals surface area contributed by atoms with E-state index in [4.69, 9.17) is 18.9 Å². The molecule has 1 aromatic carbocycles. The zero-order valence-corrected chi connectivity index (χ0v) is 21.0. The number of ether oxygens (including phenoxy) is 4. The molecule has 12 nitrogen and oxygen atoms in total. The van der Waals surface area contributed by atoms with Gasteiger partial charge in [-0.05, 0) is 12.0 Å². The molecule has 2 aromatic heterocycles. The minimum absolute atomic E-state index is 0.0116. The maximum atomic E-state index is 12.0. The summed E-state index contributed by atoms with van der Waals surface area (Å²) in [5.74, 6) is -1.21. The molecule has 0 radical (unpaired) electrons. The summed E-state index contributed by atoms with van der Waals surface area (Å²) in [6.07, 6.45) is -0.217. The summed E-state index contributed by atoms with van der Waals surface area (Å²) >= 11 is 0. The Labute approximate surface area is 213 Å². The number of hydrogen-bond donors (Lipinski definition) is 1. The predicted molar refractivity (Wildman–Crippen MR) is 130 cm³/mol. The number of rotatable bonds is 9. The molecule has 0 bridgehead atoms. The van der Waals surface area contributed by atoms with E-state index in [1.54, 1.807) is 4.57 Å². The fourth-order valence-corrected chi connectivity index (χ4v) is 4.33. The highest BCUT2D eigenvalue weighted by Gasteiger charge is 2.51. The number of nitrogens with zero attached hydrogens (tertiary/aromatic N) is 4. The Balaban J connectivity index is 1.69. The molecule has 0 aliphatic carbocycles. The predicted octanol–water partition coefficient (Wildman–Crippen LogP) is 2.71. The average Bonchev–Trinajstić information content (AvgIpc) is 3.43. The zero-order valence-electron chi connectivity index (χ0n) is 21.0. The lowest BCUT2D eigenvalue weighted by Gasteiger charge is -2.23. The standard InChI is InChI=1S/C25H29N5O7/c1-5-18(17-9-7-6-8-10-17)29-23-20-24(27-12-26-23)30(13-28-20)25-22(36-16(4)33)21(35-15(3)32)19(37-25)11-34-14(2)31/h6-10,12-13,18-19,21-22,25H,5,11H2,1-4H3,(H,26,27,29)/t18-,19+,21?,22-,25+/m0/s1. The zero-order chi connectivity index (χ0) is 26.5. The Hall–Kier alpha value is -4.06. The molecule has 1 aliphatic heterocycles. The van der Waals surface area contributed by atoms with Gasteiger partial charge in [-0.15, -0.1) is 0 Å². The Morgan fingerprint density at radius 1 is 1.00 bits per heavy atom. The SMILES string of the molecule is CC[C@H](Nc1ncnc2c1ncn2[C@@H]1O[C@H](COC(C)=O)C(OC(C)=O)[C@@H]1OC(C)=O)c1ccccc1. The maximum absolute atomic E-state index is 12.0. The second-order valence-corrected chi connectivity index (χ2v) is 8.58. The molecule has 0 amide bonds. The molecule has 5 atom stereocenters. The van der Waals surface area contributed by atoms with Crippen LogP contribution in [-0.2, 0) is 33.3 Å². The topological polar surface area (TPSA) is 144 Å². The fraction of sp³-hybridized carbons (Fsp3) is 0.440. The molecule has 3 aromatic rings. The number of imidazole rings is 1. The lowest BCUT2D eigenvalue weighted by atomic mass is 10.0. The molecule has 1 N–H and O–H groups in total. The molecule has 196 valence electrons. The van der Waals surface area contributed by atoms with Gasteiger partial charge in [0.15, 0.2) is 35.4 Å². The molecule has 3 heterocycles. The summed E-state index contributed by atoms with van der Waals surface area (Å²) < 4.78 is 23.8. The summed E-state index contributed by atoms with van der Waals surface area (Å²) in [6, 6.07) is 9.96. The van der Waals surface area contributed by atoms with Crippen LogP contribution in [-0.4, -0.2) is 62.3 Å². The molecule has 0 spiro atoms. The van der Waals surface area contributed by atoms with Gasteiger partial charge in [0.1, 0.15) is 19.0 Å². The van der Waals surface area contributed by atoms with Crippen LogP contribution >= 0.6 is 0 Å². The molecule has 4 rings (SSSR count).